The highest BCUT2D eigenvalue weighted by atomic mass is 35.5. The zero-order valence-electron chi connectivity index (χ0n) is 29.1. The highest BCUT2D eigenvalue weighted by Crippen LogP contribution is 2.50. The van der Waals surface area contributed by atoms with Gasteiger partial charge in [-0.25, -0.2) is 14.2 Å². The van der Waals surface area contributed by atoms with Crippen LogP contribution in [0.15, 0.2) is 53.3 Å². The summed E-state index contributed by atoms with van der Waals surface area (Å²) in [4.78, 5) is 33.4. The minimum atomic E-state index is -0.970. The van der Waals surface area contributed by atoms with Gasteiger partial charge in [-0.05, 0) is 66.3 Å². The number of anilines is 1. The Bertz CT molecular complexity index is 1980. The Morgan fingerprint density at radius 1 is 0.980 bits per heavy atom. The number of ether oxygens (including phenoxy) is 2. The highest BCUT2D eigenvalue weighted by Gasteiger charge is 2.48. The fourth-order valence-corrected chi connectivity index (χ4v) is 7.74. The van der Waals surface area contributed by atoms with Gasteiger partial charge in [0.1, 0.15) is 39.4 Å². The van der Waals surface area contributed by atoms with Gasteiger partial charge in [-0.15, -0.1) is 0 Å². The summed E-state index contributed by atoms with van der Waals surface area (Å²) < 4.78 is 13.5. The van der Waals surface area contributed by atoms with Gasteiger partial charge in [-0.3, -0.25) is 4.79 Å². The number of hydrogen-bond donors (Lipinski definition) is 2. The molecule has 1 fully saturated rings. The Morgan fingerprint density at radius 2 is 1.57 bits per heavy atom. The Kier molecular flexibility index (Phi) is 10.3. The van der Waals surface area contributed by atoms with Crippen molar-refractivity contribution in [3.05, 3.63) is 84.9 Å². The van der Waals surface area contributed by atoms with Gasteiger partial charge < -0.3 is 20.3 Å². The van der Waals surface area contributed by atoms with Crippen LogP contribution in [0.4, 0.5) is 5.82 Å². The van der Waals surface area contributed by atoms with Crippen LogP contribution in [0.3, 0.4) is 0 Å². The van der Waals surface area contributed by atoms with Crippen LogP contribution in [0.2, 0.25) is 15.2 Å². The second kappa shape index (κ2) is 13.7. The summed E-state index contributed by atoms with van der Waals surface area (Å²) in [6.45, 7) is 16.8. The number of fused-ring (bicyclic) bond motifs is 1. The van der Waals surface area contributed by atoms with E-state index in [9.17, 15) is 14.7 Å². The van der Waals surface area contributed by atoms with Crippen molar-refractivity contribution in [3.63, 3.8) is 0 Å². The lowest BCUT2D eigenvalue weighted by Crippen LogP contribution is -2.49. The Balaban J connectivity index is 1.74. The lowest BCUT2D eigenvalue weighted by molar-refractivity contribution is -0.0922. The number of halogens is 3. The number of benzene rings is 2. The van der Waals surface area contributed by atoms with Gasteiger partial charge in [0.15, 0.2) is 11.8 Å². The molecule has 1 saturated carbocycles. The number of aromatic nitrogens is 2. The third kappa shape index (κ3) is 7.24. The van der Waals surface area contributed by atoms with Crippen LogP contribution in [0.1, 0.15) is 78.6 Å². The lowest BCUT2D eigenvalue weighted by Gasteiger charge is -2.50. The van der Waals surface area contributed by atoms with Crippen molar-refractivity contribution in [2.24, 2.45) is 28.6 Å². The molecular formula is C38H44Cl3N3O5. The van der Waals surface area contributed by atoms with Gasteiger partial charge in [0, 0.05) is 17.4 Å². The lowest BCUT2D eigenvalue weighted by atomic mass is 9.59. The molecule has 0 aliphatic heterocycles. The summed E-state index contributed by atoms with van der Waals surface area (Å²) in [6, 6.07) is 13.6. The molecule has 3 unspecified atom stereocenters. The van der Waals surface area contributed by atoms with Crippen molar-refractivity contribution in [3.8, 4) is 16.9 Å². The second-order valence-electron chi connectivity index (χ2n) is 15.4. The average Bonchev–Trinajstić information content (AvgIpc) is 3.30. The van der Waals surface area contributed by atoms with E-state index in [0.717, 1.165) is 17.2 Å². The summed E-state index contributed by atoms with van der Waals surface area (Å²) in [5, 5.41) is 11.4. The first kappa shape index (κ1) is 36.8. The largest absolute Gasteiger partial charge is 0.507 e. The first-order valence-electron chi connectivity index (χ1n) is 16.5. The van der Waals surface area contributed by atoms with Crippen LogP contribution < -0.4 is 21.2 Å². The zero-order valence-corrected chi connectivity index (χ0v) is 31.4. The standard InChI is InChI=1S/C38H44Cl3N3O5/c1-19-16-23(37(3,4)5)31(24(17-19)38(6,7)8)49-36(47)28-27(21-14-15-25(39)26(40)18-21)32(41)44-34(28)43-33(42)29(35(44)46)30(45)20(2)48-22-12-10-9-11-13-22/h9-15,18-20,23-24,31,45H,16-17H2,1-8H3,(H2,42,43)/b30-29-. The smallest absolute Gasteiger partial charge is 0.342 e. The van der Waals surface area contributed by atoms with E-state index in [2.05, 4.69) is 53.5 Å². The summed E-state index contributed by atoms with van der Waals surface area (Å²) >= 11 is 19.7. The molecule has 0 amide bonds. The molecule has 2 heterocycles. The molecule has 49 heavy (non-hydrogen) atoms. The number of nitrogen functional groups attached to an aromatic ring is 1. The number of carbonyl (C=O) groups is 1. The number of rotatable bonds is 6. The van der Waals surface area contributed by atoms with Gasteiger partial charge >= 0.3 is 5.97 Å². The molecule has 1 aliphatic carbocycles. The minimum Gasteiger partial charge on any atom is -0.507 e. The summed E-state index contributed by atoms with van der Waals surface area (Å²) in [6.07, 6.45) is 0.378. The molecule has 0 radical (unpaired) electrons. The summed E-state index contributed by atoms with van der Waals surface area (Å²) in [7, 11) is 0. The van der Waals surface area contributed by atoms with Crippen LogP contribution in [-0.2, 0) is 4.74 Å². The van der Waals surface area contributed by atoms with Crippen LogP contribution in [0, 0.1) is 28.6 Å². The van der Waals surface area contributed by atoms with Crippen LogP contribution >= 0.6 is 34.8 Å². The van der Waals surface area contributed by atoms with E-state index in [1.54, 1.807) is 49.4 Å². The minimum absolute atomic E-state index is 0.0363. The van der Waals surface area contributed by atoms with E-state index in [1.807, 2.05) is 6.07 Å². The zero-order chi connectivity index (χ0) is 36.2. The molecule has 1 aliphatic rings. The van der Waals surface area contributed by atoms with Gasteiger partial charge in [-0.2, -0.15) is 0 Å². The number of hydrogen-bond acceptors (Lipinski definition) is 7. The van der Waals surface area contributed by atoms with E-state index < -0.39 is 29.5 Å². The molecule has 2 aromatic heterocycles. The molecular weight excluding hydrogens is 685 g/mol. The van der Waals surface area contributed by atoms with E-state index in [-0.39, 0.29) is 60.7 Å². The normalized spacial score (nSPS) is 21.4. The van der Waals surface area contributed by atoms with Crippen molar-refractivity contribution < 1.29 is 19.4 Å². The molecule has 3 N–H and O–H groups in total. The SMILES string of the molecule is CC1CC(C(C)(C)C)C(OC(=O)c2c(-c3ccc(Cl)c(Cl)c3)c(Cl)n3c(=O)/c(=C(\O)C(C)Oc4ccccc4)c(N)nc23)C(C(C)(C)C)C1. The molecule has 5 rings (SSSR count). The van der Waals surface area contributed by atoms with Crippen molar-refractivity contribution in [1.82, 2.24) is 9.38 Å². The van der Waals surface area contributed by atoms with Crippen LogP contribution in [0.5, 0.6) is 5.75 Å². The van der Waals surface area contributed by atoms with E-state index >= 15 is 0 Å². The van der Waals surface area contributed by atoms with Crippen molar-refractivity contribution in [2.75, 3.05) is 5.73 Å². The molecule has 2 aromatic carbocycles. The molecule has 262 valence electrons. The van der Waals surface area contributed by atoms with Gasteiger partial charge in [0.25, 0.3) is 5.56 Å². The van der Waals surface area contributed by atoms with Gasteiger partial charge in [0.2, 0.25) is 0 Å². The van der Waals surface area contributed by atoms with Gasteiger partial charge in [-0.1, -0.05) is 108 Å². The Hall–Kier alpha value is -3.46. The van der Waals surface area contributed by atoms with E-state index in [1.165, 1.54) is 0 Å². The monoisotopic (exact) mass is 727 g/mol. The number of esters is 1. The first-order valence-corrected chi connectivity index (χ1v) is 17.6. The molecule has 11 heteroatoms. The maximum Gasteiger partial charge on any atom is 0.342 e. The number of carbonyl (C=O) groups excluding carboxylic acids is 1. The first-order chi connectivity index (χ1) is 22.8. The van der Waals surface area contributed by atoms with Crippen LogP contribution in [-0.4, -0.2) is 32.7 Å². The molecule has 3 atom stereocenters. The number of nitrogens with two attached hydrogens (primary N) is 1. The van der Waals surface area contributed by atoms with Crippen molar-refractivity contribution >= 4 is 58.0 Å². The molecule has 0 saturated heterocycles. The van der Waals surface area contributed by atoms with E-state index in [0.29, 0.717) is 22.3 Å². The number of aliphatic hydroxyl groups excluding tert-OH is 1. The number of nitrogens with zero attached hydrogens (tertiary/aromatic N) is 2. The van der Waals surface area contributed by atoms with E-state index in [4.69, 9.17) is 50.0 Å². The summed E-state index contributed by atoms with van der Waals surface area (Å²) in [5.41, 5.74) is 5.75. The molecule has 0 bridgehead atoms. The third-order valence-electron chi connectivity index (χ3n) is 9.67. The fourth-order valence-electron chi connectivity index (χ4n) is 7.08. The van der Waals surface area contributed by atoms with Crippen molar-refractivity contribution in [2.45, 2.75) is 80.4 Å². The topological polar surface area (TPSA) is 116 Å². The second-order valence-corrected chi connectivity index (χ2v) is 16.5. The molecule has 4 aromatic rings. The number of para-hydroxylation sites is 1. The quantitative estimate of drug-likeness (QED) is 0.190. The molecule has 8 nitrogen and oxygen atoms in total. The Labute approximate surface area is 302 Å². The number of aliphatic hydroxyl groups is 1. The van der Waals surface area contributed by atoms with Crippen molar-refractivity contribution in [1.29, 1.82) is 0 Å². The average molecular weight is 729 g/mol. The maximum absolute atomic E-state index is 14.7. The van der Waals surface area contributed by atoms with Crippen LogP contribution in [0.25, 0.3) is 22.5 Å². The fraction of sp³-hybridized carbons (Fsp3) is 0.447. The summed E-state index contributed by atoms with van der Waals surface area (Å²) in [5.74, 6) is -0.399. The molecule has 0 spiro atoms. The predicted molar refractivity (Wildman–Crippen MR) is 198 cm³/mol. The highest BCUT2D eigenvalue weighted by molar-refractivity contribution is 6.42. The maximum atomic E-state index is 14.7. The third-order valence-corrected chi connectivity index (χ3v) is 10.8. The Morgan fingerprint density at radius 3 is 2.12 bits per heavy atom. The predicted octanol–water partition coefficient (Wildman–Crippen LogP) is 9.04. The van der Waals surface area contributed by atoms with Gasteiger partial charge in [0.05, 0.1) is 10.0 Å².